The van der Waals surface area contributed by atoms with Crippen LogP contribution in [0.1, 0.15) is 24.5 Å². The van der Waals surface area contributed by atoms with E-state index in [1.54, 1.807) is 6.92 Å². The lowest BCUT2D eigenvalue weighted by atomic mass is 10.2. The van der Waals surface area contributed by atoms with Crippen LogP contribution in [0.2, 0.25) is 0 Å². The highest BCUT2D eigenvalue weighted by Gasteiger charge is 2.34. The second-order valence-electron chi connectivity index (χ2n) is 5.25. The minimum atomic E-state index is -0.679. The Morgan fingerprint density at radius 2 is 2.08 bits per heavy atom. The zero-order valence-corrected chi connectivity index (χ0v) is 13.1. The molecular formula is C15H15N5O4. The summed E-state index contributed by atoms with van der Waals surface area (Å²) in [7, 11) is 0. The van der Waals surface area contributed by atoms with Crippen molar-refractivity contribution in [2.24, 2.45) is 5.10 Å². The third-order valence-corrected chi connectivity index (χ3v) is 3.61. The average Bonchev–Trinajstić information content (AvgIpc) is 3.13. The van der Waals surface area contributed by atoms with Gasteiger partial charge in [0.1, 0.15) is 6.20 Å². The number of carbonyl (C=O) groups excluding carboxylic acids is 1. The predicted molar refractivity (Wildman–Crippen MR) is 83.8 cm³/mol. The molecule has 0 aliphatic carbocycles. The molecule has 2 aromatic rings. The SMILES string of the molecule is CC(=O)N1N=C(Cn2c([N+](=O)[O-])cnc2C)OC1c1ccccc1. The summed E-state index contributed by atoms with van der Waals surface area (Å²) in [6.45, 7) is 3.06. The second-order valence-corrected chi connectivity index (χ2v) is 5.25. The molecule has 0 N–H and O–H groups in total. The topological polar surface area (TPSA) is 103 Å². The first-order valence-corrected chi connectivity index (χ1v) is 7.22. The van der Waals surface area contributed by atoms with Gasteiger partial charge in [-0.25, -0.2) is 9.55 Å². The molecule has 0 bridgehead atoms. The smallest absolute Gasteiger partial charge is 0.343 e. The number of hydrogen-bond donors (Lipinski definition) is 0. The van der Waals surface area contributed by atoms with E-state index in [-0.39, 0.29) is 24.2 Å². The van der Waals surface area contributed by atoms with Gasteiger partial charge in [-0.3, -0.25) is 4.79 Å². The molecule has 1 aliphatic heterocycles. The van der Waals surface area contributed by atoms with Gasteiger partial charge in [0.2, 0.25) is 12.1 Å². The van der Waals surface area contributed by atoms with Crippen molar-refractivity contribution in [2.45, 2.75) is 26.6 Å². The van der Waals surface area contributed by atoms with Crippen molar-refractivity contribution < 1.29 is 14.5 Å². The lowest BCUT2D eigenvalue weighted by Gasteiger charge is -2.19. The van der Waals surface area contributed by atoms with Crippen molar-refractivity contribution in [3.63, 3.8) is 0 Å². The van der Waals surface area contributed by atoms with E-state index in [9.17, 15) is 14.9 Å². The van der Waals surface area contributed by atoms with E-state index >= 15 is 0 Å². The molecule has 0 saturated heterocycles. The average molecular weight is 329 g/mol. The van der Waals surface area contributed by atoms with Gasteiger partial charge in [-0.05, 0) is 4.92 Å². The first kappa shape index (κ1) is 15.7. The van der Waals surface area contributed by atoms with Crippen molar-refractivity contribution in [1.29, 1.82) is 0 Å². The van der Waals surface area contributed by atoms with Gasteiger partial charge in [0.05, 0.1) is 0 Å². The molecule has 0 radical (unpaired) electrons. The van der Waals surface area contributed by atoms with Crippen LogP contribution in [0.5, 0.6) is 0 Å². The number of nitro groups is 1. The van der Waals surface area contributed by atoms with Crippen molar-refractivity contribution in [3.8, 4) is 0 Å². The molecule has 1 aromatic heterocycles. The third kappa shape index (κ3) is 2.83. The van der Waals surface area contributed by atoms with Crippen molar-refractivity contribution in [2.75, 3.05) is 0 Å². The lowest BCUT2D eigenvalue weighted by molar-refractivity contribution is -0.392. The van der Waals surface area contributed by atoms with Crippen molar-refractivity contribution in [3.05, 3.63) is 58.0 Å². The summed E-state index contributed by atoms with van der Waals surface area (Å²) < 4.78 is 7.15. The summed E-state index contributed by atoms with van der Waals surface area (Å²) in [5.41, 5.74) is 0.767. The zero-order chi connectivity index (χ0) is 17.3. The van der Waals surface area contributed by atoms with E-state index in [4.69, 9.17) is 4.74 Å². The maximum absolute atomic E-state index is 11.8. The van der Waals surface area contributed by atoms with Gasteiger partial charge in [0.15, 0.2) is 12.4 Å². The molecule has 1 aromatic carbocycles. The maximum atomic E-state index is 11.8. The van der Waals surface area contributed by atoms with Gasteiger partial charge < -0.3 is 14.9 Å². The number of aromatic nitrogens is 2. The van der Waals surface area contributed by atoms with Crippen LogP contribution in [0.3, 0.4) is 0 Å². The zero-order valence-electron chi connectivity index (χ0n) is 13.1. The molecule has 1 atom stereocenters. The fraction of sp³-hybridized carbons (Fsp3) is 0.267. The molecule has 124 valence electrons. The minimum absolute atomic E-state index is 0.0231. The largest absolute Gasteiger partial charge is 0.446 e. The van der Waals surface area contributed by atoms with Gasteiger partial charge in [-0.2, -0.15) is 5.01 Å². The lowest BCUT2D eigenvalue weighted by Crippen LogP contribution is -2.25. The van der Waals surface area contributed by atoms with E-state index < -0.39 is 11.2 Å². The molecule has 0 fully saturated rings. The normalized spacial score (nSPS) is 16.7. The van der Waals surface area contributed by atoms with Crippen LogP contribution in [-0.2, 0) is 16.1 Å². The standard InChI is InChI=1S/C15H15N5O4/c1-10-16-8-14(20(22)23)18(10)9-13-17-19(11(2)21)15(24-13)12-6-4-3-5-7-12/h3-8,15H,9H2,1-2H3. The van der Waals surface area contributed by atoms with Crippen LogP contribution in [0.15, 0.2) is 41.6 Å². The third-order valence-electron chi connectivity index (χ3n) is 3.61. The minimum Gasteiger partial charge on any atom is -0.446 e. The van der Waals surface area contributed by atoms with E-state index in [1.165, 1.54) is 22.7 Å². The molecular weight excluding hydrogens is 314 g/mol. The van der Waals surface area contributed by atoms with Crippen LogP contribution in [-0.4, -0.2) is 31.3 Å². The second kappa shape index (κ2) is 6.11. The van der Waals surface area contributed by atoms with Crippen LogP contribution in [0.25, 0.3) is 0 Å². The number of amides is 1. The molecule has 2 heterocycles. The number of ether oxygens (including phenoxy) is 1. The predicted octanol–water partition coefficient (Wildman–Crippen LogP) is 1.99. The Bertz CT molecular complexity index is 815. The van der Waals surface area contributed by atoms with E-state index in [1.807, 2.05) is 30.3 Å². The van der Waals surface area contributed by atoms with E-state index in [0.29, 0.717) is 5.82 Å². The first-order chi connectivity index (χ1) is 11.5. The summed E-state index contributed by atoms with van der Waals surface area (Å²) in [6.07, 6.45) is 0.504. The Balaban J connectivity index is 1.88. The molecule has 1 amide bonds. The quantitative estimate of drug-likeness (QED) is 0.630. The van der Waals surface area contributed by atoms with Crippen LogP contribution in [0, 0.1) is 17.0 Å². The highest BCUT2D eigenvalue weighted by atomic mass is 16.6. The fourth-order valence-electron chi connectivity index (χ4n) is 2.44. The van der Waals surface area contributed by atoms with Gasteiger partial charge in [0, 0.05) is 19.4 Å². The Kier molecular flexibility index (Phi) is 3.98. The molecule has 9 nitrogen and oxygen atoms in total. The highest BCUT2D eigenvalue weighted by molar-refractivity contribution is 5.82. The van der Waals surface area contributed by atoms with E-state index in [2.05, 4.69) is 10.1 Å². The van der Waals surface area contributed by atoms with Gasteiger partial charge in [0.25, 0.3) is 5.90 Å². The Hall–Kier alpha value is -3.23. The number of imidazole rings is 1. The number of hydrogen-bond acceptors (Lipinski definition) is 6. The number of nitrogens with zero attached hydrogens (tertiary/aromatic N) is 5. The van der Waals surface area contributed by atoms with Crippen LogP contribution in [0.4, 0.5) is 5.82 Å². The van der Waals surface area contributed by atoms with Crippen LogP contribution < -0.4 is 0 Å². The van der Waals surface area contributed by atoms with Gasteiger partial charge in [-0.15, -0.1) is 5.10 Å². The Morgan fingerprint density at radius 1 is 1.38 bits per heavy atom. The molecule has 24 heavy (non-hydrogen) atoms. The molecule has 3 rings (SSSR count). The number of benzene rings is 1. The van der Waals surface area contributed by atoms with Crippen molar-refractivity contribution in [1.82, 2.24) is 14.6 Å². The Morgan fingerprint density at radius 3 is 2.71 bits per heavy atom. The van der Waals surface area contributed by atoms with Crippen molar-refractivity contribution >= 4 is 17.6 Å². The molecule has 1 unspecified atom stereocenters. The number of carbonyl (C=O) groups is 1. The number of aryl methyl sites for hydroxylation is 1. The van der Waals surface area contributed by atoms with Gasteiger partial charge in [-0.1, -0.05) is 30.3 Å². The molecule has 9 heteroatoms. The first-order valence-electron chi connectivity index (χ1n) is 7.22. The van der Waals surface area contributed by atoms with E-state index in [0.717, 1.165) is 5.56 Å². The maximum Gasteiger partial charge on any atom is 0.343 e. The van der Waals surface area contributed by atoms with Gasteiger partial charge >= 0.3 is 5.82 Å². The summed E-state index contributed by atoms with van der Waals surface area (Å²) in [5, 5.41) is 16.5. The molecule has 0 saturated carbocycles. The Labute approximate surface area is 137 Å². The molecule has 1 aliphatic rings. The summed E-state index contributed by atoms with van der Waals surface area (Å²) in [5.74, 6) is 0.237. The highest BCUT2D eigenvalue weighted by Crippen LogP contribution is 2.29. The van der Waals surface area contributed by atoms with Crippen LogP contribution >= 0.6 is 0 Å². The number of hydrazone groups is 1. The monoisotopic (exact) mass is 329 g/mol. The summed E-state index contributed by atoms with van der Waals surface area (Å²) >= 11 is 0. The number of rotatable bonds is 4. The molecule has 0 spiro atoms. The summed E-state index contributed by atoms with van der Waals surface area (Å²) in [4.78, 5) is 26.3. The fourth-order valence-corrected chi connectivity index (χ4v) is 2.44. The summed E-state index contributed by atoms with van der Waals surface area (Å²) in [6, 6.07) is 9.17.